The number of esters is 1. The lowest BCUT2D eigenvalue weighted by atomic mass is 9.49. The second kappa shape index (κ2) is 8.76. The zero-order chi connectivity index (χ0) is 23.2. The number of methoxy groups -OCH3 is 1. The number of ether oxygens (including phenoxy) is 2. The number of pyridine rings is 1. The van der Waals surface area contributed by atoms with E-state index < -0.39 is 5.97 Å². The molecule has 0 radical (unpaired) electrons. The molecule has 1 aliphatic heterocycles. The molecule has 0 saturated heterocycles. The van der Waals surface area contributed by atoms with Crippen LogP contribution in [-0.4, -0.2) is 42.2 Å². The Morgan fingerprint density at radius 1 is 1.27 bits per heavy atom. The molecule has 4 aliphatic rings. The van der Waals surface area contributed by atoms with Crippen LogP contribution in [0.4, 0.5) is 0 Å². The average Bonchev–Trinajstić information content (AvgIpc) is 3.24. The van der Waals surface area contributed by atoms with Crippen molar-refractivity contribution in [1.29, 1.82) is 0 Å². The van der Waals surface area contributed by atoms with E-state index in [1.54, 1.807) is 21.5 Å². The fourth-order valence-electron chi connectivity index (χ4n) is 5.84. The van der Waals surface area contributed by atoms with Gasteiger partial charge in [0.05, 0.1) is 7.11 Å². The molecule has 176 valence electrons. The first-order valence-corrected chi connectivity index (χ1v) is 12.7. The number of carbonyl (C=O) groups is 1. The lowest BCUT2D eigenvalue weighted by molar-refractivity contribution is -0.0106. The van der Waals surface area contributed by atoms with Gasteiger partial charge in [0.1, 0.15) is 17.9 Å². The van der Waals surface area contributed by atoms with Crippen LogP contribution < -0.4 is 10.3 Å². The maximum atomic E-state index is 13.0. The minimum atomic E-state index is -0.453. The number of hydrogen-bond donors (Lipinski definition) is 0. The smallest absolute Gasteiger partial charge is 0.343 e. The highest BCUT2D eigenvalue weighted by molar-refractivity contribution is 7.09. The van der Waals surface area contributed by atoms with E-state index in [0.717, 1.165) is 36.1 Å². The molecule has 0 unspecified atom stereocenters. The summed E-state index contributed by atoms with van der Waals surface area (Å²) in [6.07, 6.45) is 5.55. The van der Waals surface area contributed by atoms with Crippen LogP contribution in [-0.2, 0) is 24.3 Å². The lowest BCUT2D eigenvalue weighted by Crippen LogP contribution is -2.50. The maximum Gasteiger partial charge on any atom is 0.343 e. The Morgan fingerprint density at radius 2 is 2.12 bits per heavy atom. The zero-order valence-electron chi connectivity index (χ0n) is 19.6. The van der Waals surface area contributed by atoms with E-state index in [0.29, 0.717) is 42.2 Å². The van der Waals surface area contributed by atoms with Crippen LogP contribution in [0.5, 0.6) is 5.75 Å². The zero-order valence-corrected chi connectivity index (χ0v) is 20.5. The summed E-state index contributed by atoms with van der Waals surface area (Å²) in [4.78, 5) is 29.2. The first-order chi connectivity index (χ1) is 15.9. The fraction of sp³-hybridized carbons (Fsp3) is 0.538. The average molecular weight is 469 g/mol. The molecule has 3 heterocycles. The van der Waals surface area contributed by atoms with Crippen LogP contribution in [0.2, 0.25) is 0 Å². The molecule has 1 saturated carbocycles. The number of rotatable bonds is 6. The van der Waals surface area contributed by atoms with Crippen LogP contribution in [0.25, 0.3) is 0 Å². The number of allylic oxidation sites excluding steroid dienone is 1. The molecule has 0 aromatic carbocycles. The van der Waals surface area contributed by atoms with Crippen molar-refractivity contribution < 1.29 is 14.3 Å². The summed E-state index contributed by atoms with van der Waals surface area (Å²) < 4.78 is 12.8. The van der Waals surface area contributed by atoms with Gasteiger partial charge < -0.3 is 14.0 Å². The second-order valence-corrected chi connectivity index (χ2v) is 11.1. The van der Waals surface area contributed by atoms with Gasteiger partial charge in [-0.25, -0.2) is 4.79 Å². The Kier molecular flexibility index (Phi) is 5.95. The third kappa shape index (κ3) is 4.06. The minimum Gasteiger partial charge on any atom is -0.487 e. The third-order valence-electron chi connectivity index (χ3n) is 8.01. The molecular weight excluding hydrogens is 436 g/mol. The fourth-order valence-corrected chi connectivity index (χ4v) is 6.46. The van der Waals surface area contributed by atoms with Gasteiger partial charge in [0, 0.05) is 49.2 Å². The Morgan fingerprint density at radius 3 is 2.82 bits per heavy atom. The minimum absolute atomic E-state index is 0.125. The van der Waals surface area contributed by atoms with Crippen molar-refractivity contribution in [3.63, 3.8) is 0 Å². The van der Waals surface area contributed by atoms with Crippen molar-refractivity contribution in [3.05, 3.63) is 61.7 Å². The number of aromatic nitrogens is 1. The van der Waals surface area contributed by atoms with Crippen molar-refractivity contribution in [3.8, 4) is 5.75 Å². The van der Waals surface area contributed by atoms with Gasteiger partial charge in [-0.05, 0) is 41.5 Å². The molecule has 0 spiro atoms. The molecule has 1 fully saturated rings. The van der Waals surface area contributed by atoms with E-state index >= 15 is 0 Å². The van der Waals surface area contributed by atoms with Crippen LogP contribution in [0.15, 0.2) is 40.0 Å². The van der Waals surface area contributed by atoms with Crippen LogP contribution in [0, 0.1) is 17.3 Å². The number of fused-ring (bicyclic) bond motifs is 2. The van der Waals surface area contributed by atoms with E-state index in [1.807, 2.05) is 17.5 Å². The van der Waals surface area contributed by atoms with Gasteiger partial charge in [-0.3, -0.25) is 9.69 Å². The highest BCUT2D eigenvalue weighted by atomic mass is 32.1. The Bertz CT molecular complexity index is 1130. The van der Waals surface area contributed by atoms with E-state index in [1.165, 1.54) is 26.0 Å². The first kappa shape index (κ1) is 22.4. The number of thiophene rings is 1. The summed E-state index contributed by atoms with van der Waals surface area (Å²) in [6, 6.07) is 5.37. The van der Waals surface area contributed by atoms with Gasteiger partial charge >= 0.3 is 5.97 Å². The normalized spacial score (nSPS) is 23.7. The van der Waals surface area contributed by atoms with E-state index in [9.17, 15) is 9.59 Å². The molecule has 6 nitrogen and oxygen atoms in total. The van der Waals surface area contributed by atoms with Crippen molar-refractivity contribution in [2.24, 2.45) is 17.3 Å². The number of hydrogen-bond acceptors (Lipinski definition) is 6. The number of nitrogens with zero attached hydrogens (tertiary/aromatic N) is 2. The first-order valence-electron chi connectivity index (χ1n) is 11.8. The predicted molar refractivity (Wildman–Crippen MR) is 129 cm³/mol. The summed E-state index contributed by atoms with van der Waals surface area (Å²) in [5.41, 5.74) is 2.94. The molecule has 2 bridgehead atoms. The highest BCUT2D eigenvalue weighted by Gasteiger charge is 2.51. The van der Waals surface area contributed by atoms with Gasteiger partial charge in [0.15, 0.2) is 0 Å². The summed E-state index contributed by atoms with van der Waals surface area (Å²) >= 11 is 1.58. The molecular formula is C26H32N2O4S. The molecule has 0 N–H and O–H groups in total. The van der Waals surface area contributed by atoms with Crippen molar-refractivity contribution >= 4 is 17.3 Å². The predicted octanol–water partition coefficient (Wildman–Crippen LogP) is 4.13. The second-order valence-electron chi connectivity index (χ2n) is 10.0. The van der Waals surface area contributed by atoms with Crippen LogP contribution >= 0.6 is 11.3 Å². The Balaban J connectivity index is 1.38. The summed E-state index contributed by atoms with van der Waals surface area (Å²) in [5.74, 6) is 1.36. The topological polar surface area (TPSA) is 60.8 Å². The standard InChI is InChI=1S/C26H32N2O4S/c1-26(2)18-7-6-17(20(26)13-18)15-27-9-8-21-24(25(30)31-3)22(14-23(29)28(21)11-10-27)32-16-19-5-4-12-33-19/h4-6,12,14,18,20H,7-11,13,15-16H2,1-3H3/t18-,20-/m0/s1. The monoisotopic (exact) mass is 468 g/mol. The van der Waals surface area contributed by atoms with Gasteiger partial charge in [0.25, 0.3) is 5.56 Å². The van der Waals surface area contributed by atoms with Crippen LogP contribution in [0.1, 0.15) is 47.6 Å². The molecule has 6 rings (SSSR count). The van der Waals surface area contributed by atoms with Gasteiger partial charge in [-0.15, -0.1) is 11.3 Å². The van der Waals surface area contributed by atoms with Crippen molar-refractivity contribution in [2.45, 2.75) is 46.3 Å². The molecule has 2 aromatic rings. The van der Waals surface area contributed by atoms with Crippen molar-refractivity contribution in [1.82, 2.24) is 9.47 Å². The molecule has 2 aromatic heterocycles. The molecule has 3 aliphatic carbocycles. The highest BCUT2D eigenvalue weighted by Crippen LogP contribution is 2.59. The summed E-state index contributed by atoms with van der Waals surface area (Å²) in [5, 5.41) is 1.98. The van der Waals surface area contributed by atoms with E-state index in [2.05, 4.69) is 24.8 Å². The molecule has 0 amide bonds. The quantitative estimate of drug-likeness (QED) is 0.471. The molecule has 33 heavy (non-hydrogen) atoms. The summed E-state index contributed by atoms with van der Waals surface area (Å²) in [7, 11) is 1.37. The van der Waals surface area contributed by atoms with Crippen LogP contribution in [0.3, 0.4) is 0 Å². The molecule has 2 atom stereocenters. The largest absolute Gasteiger partial charge is 0.487 e. The lowest BCUT2D eigenvalue weighted by Gasteiger charge is -2.57. The SMILES string of the molecule is COC(=O)c1c(OCc2cccs2)cc(=O)n2c1CCN(CC1=CC[C@H]3C[C@@H]1C3(C)C)CC2. The van der Waals surface area contributed by atoms with Gasteiger partial charge in [-0.1, -0.05) is 31.6 Å². The maximum absolute atomic E-state index is 13.0. The third-order valence-corrected chi connectivity index (χ3v) is 8.86. The van der Waals surface area contributed by atoms with Crippen molar-refractivity contribution in [2.75, 3.05) is 26.7 Å². The van der Waals surface area contributed by atoms with Gasteiger partial charge in [0.2, 0.25) is 0 Å². The Hall–Kier alpha value is -2.38. The van der Waals surface area contributed by atoms with Gasteiger partial charge in [-0.2, -0.15) is 0 Å². The number of carbonyl (C=O) groups excluding carboxylic acids is 1. The Labute approximate surface area is 198 Å². The molecule has 7 heteroatoms. The van der Waals surface area contributed by atoms with E-state index in [-0.39, 0.29) is 5.56 Å². The summed E-state index contributed by atoms with van der Waals surface area (Å²) in [6.45, 7) is 8.21. The van der Waals surface area contributed by atoms with E-state index in [4.69, 9.17) is 9.47 Å².